The minimum Gasteiger partial charge on any atom is -0.497 e. The lowest BCUT2D eigenvalue weighted by Gasteiger charge is -2.30. The number of thioether (sulfide) groups is 1. The van der Waals surface area contributed by atoms with Crippen molar-refractivity contribution in [1.82, 2.24) is 16.0 Å². The van der Waals surface area contributed by atoms with Gasteiger partial charge in [0.05, 0.1) is 12.9 Å². The topological polar surface area (TPSA) is 109 Å². The summed E-state index contributed by atoms with van der Waals surface area (Å²) in [5, 5.41) is 11.4. The number of amides is 3. The van der Waals surface area contributed by atoms with E-state index in [9.17, 15) is 14.4 Å². The van der Waals surface area contributed by atoms with Gasteiger partial charge in [0.2, 0.25) is 17.7 Å². The second-order valence-electron chi connectivity index (χ2n) is 5.90. The van der Waals surface area contributed by atoms with E-state index >= 15 is 0 Å². The van der Waals surface area contributed by atoms with Gasteiger partial charge in [-0.25, -0.2) is 0 Å². The Morgan fingerprint density at radius 2 is 2.07 bits per heavy atom. The molecule has 1 aliphatic rings. The van der Waals surface area contributed by atoms with Crippen LogP contribution in [0, 0.1) is 0 Å². The highest BCUT2D eigenvalue weighted by Gasteiger charge is 2.27. The lowest BCUT2D eigenvalue weighted by Crippen LogP contribution is -2.56. The van der Waals surface area contributed by atoms with Gasteiger partial charge in [0.1, 0.15) is 11.2 Å². The highest BCUT2D eigenvalue weighted by Crippen LogP contribution is 2.17. The maximum Gasteiger partial charge on any atom is 0.234 e. The second-order valence-corrected chi connectivity index (χ2v) is 6.99. The Morgan fingerprint density at radius 1 is 1.33 bits per heavy atom. The van der Waals surface area contributed by atoms with Crippen molar-refractivity contribution in [3.05, 3.63) is 36.9 Å². The first-order valence-electron chi connectivity index (χ1n) is 8.48. The maximum atomic E-state index is 12.1. The molecule has 1 aromatic rings. The van der Waals surface area contributed by atoms with Crippen molar-refractivity contribution in [3.8, 4) is 5.75 Å². The summed E-state index contributed by atoms with van der Waals surface area (Å²) in [5.41, 5.74) is 0.240. The third kappa shape index (κ3) is 7.32. The molecule has 0 aliphatic carbocycles. The average Bonchev–Trinajstić information content (AvgIpc) is 2.65. The van der Waals surface area contributed by atoms with Crippen LogP contribution in [0.4, 0.5) is 5.69 Å². The van der Waals surface area contributed by atoms with E-state index in [1.54, 1.807) is 37.5 Å². The molecule has 0 aromatic heterocycles. The number of ether oxygens (including phenoxy) is 1. The molecule has 2 unspecified atom stereocenters. The third-order valence-corrected chi connectivity index (χ3v) is 4.76. The third-order valence-electron chi connectivity index (χ3n) is 3.74. The second kappa shape index (κ2) is 10.6. The fourth-order valence-electron chi connectivity index (χ4n) is 2.48. The molecule has 1 saturated heterocycles. The molecule has 146 valence electrons. The molecule has 1 aromatic carbocycles. The van der Waals surface area contributed by atoms with Crippen LogP contribution < -0.4 is 26.0 Å². The minimum absolute atomic E-state index is 0.150. The molecule has 0 bridgehead atoms. The molecular formula is C18H24N4O4S. The molecule has 4 N–H and O–H groups in total. The molecular weight excluding hydrogens is 368 g/mol. The minimum atomic E-state index is -0.426. The number of nitrogens with one attached hydrogen (secondary N) is 4. The molecule has 1 heterocycles. The summed E-state index contributed by atoms with van der Waals surface area (Å²) in [6.45, 7) is 3.93. The van der Waals surface area contributed by atoms with E-state index in [0.717, 1.165) is 0 Å². The monoisotopic (exact) mass is 392 g/mol. The van der Waals surface area contributed by atoms with Crippen LogP contribution in [0.25, 0.3) is 0 Å². The lowest BCUT2D eigenvalue weighted by atomic mass is 10.1. The van der Waals surface area contributed by atoms with E-state index in [4.69, 9.17) is 4.74 Å². The van der Waals surface area contributed by atoms with Gasteiger partial charge in [-0.3, -0.25) is 19.7 Å². The number of carbonyl (C=O) groups excluding carboxylic acids is 3. The Balaban J connectivity index is 1.77. The average molecular weight is 392 g/mol. The summed E-state index contributed by atoms with van der Waals surface area (Å²) in [6.07, 6.45) is 2.01. The van der Waals surface area contributed by atoms with Crippen LogP contribution in [0.3, 0.4) is 0 Å². The molecule has 1 aliphatic heterocycles. The van der Waals surface area contributed by atoms with Gasteiger partial charge >= 0.3 is 0 Å². The molecule has 2 rings (SSSR count). The van der Waals surface area contributed by atoms with E-state index in [-0.39, 0.29) is 42.4 Å². The predicted molar refractivity (Wildman–Crippen MR) is 105 cm³/mol. The van der Waals surface area contributed by atoms with Crippen LogP contribution in [0.1, 0.15) is 12.8 Å². The molecule has 0 saturated carbocycles. The van der Waals surface area contributed by atoms with Crippen molar-refractivity contribution in [3.63, 3.8) is 0 Å². The van der Waals surface area contributed by atoms with Crippen molar-refractivity contribution in [2.45, 2.75) is 24.4 Å². The molecule has 0 spiro atoms. The summed E-state index contributed by atoms with van der Waals surface area (Å²) in [7, 11) is 1.58. The zero-order valence-electron chi connectivity index (χ0n) is 15.1. The molecule has 9 heteroatoms. The van der Waals surface area contributed by atoms with Gasteiger partial charge in [0, 0.05) is 31.1 Å². The number of benzene rings is 1. The predicted octanol–water partition coefficient (Wildman–Crippen LogP) is 0.821. The Bertz CT molecular complexity index is 680. The van der Waals surface area contributed by atoms with E-state index < -0.39 is 5.50 Å². The normalized spacial score (nSPS) is 18.9. The summed E-state index contributed by atoms with van der Waals surface area (Å²) >= 11 is 1.26. The van der Waals surface area contributed by atoms with Crippen LogP contribution in [-0.2, 0) is 14.4 Å². The number of rotatable bonds is 9. The summed E-state index contributed by atoms with van der Waals surface area (Å²) < 4.78 is 5.07. The molecule has 3 amide bonds. The van der Waals surface area contributed by atoms with E-state index in [1.807, 2.05) is 0 Å². The van der Waals surface area contributed by atoms with Gasteiger partial charge in [0.25, 0.3) is 0 Å². The van der Waals surface area contributed by atoms with Crippen LogP contribution in [0.15, 0.2) is 36.9 Å². The van der Waals surface area contributed by atoms with E-state index in [1.165, 1.54) is 11.8 Å². The maximum absolute atomic E-state index is 12.1. The van der Waals surface area contributed by atoms with Crippen LogP contribution in [0.5, 0.6) is 5.75 Å². The smallest absolute Gasteiger partial charge is 0.234 e. The van der Waals surface area contributed by atoms with Crippen molar-refractivity contribution in [2.24, 2.45) is 0 Å². The molecule has 27 heavy (non-hydrogen) atoms. The number of hydrogen-bond acceptors (Lipinski definition) is 6. The summed E-state index contributed by atoms with van der Waals surface area (Å²) in [6, 6.07) is 6.74. The zero-order valence-corrected chi connectivity index (χ0v) is 15.9. The van der Waals surface area contributed by atoms with Crippen molar-refractivity contribution in [2.75, 3.05) is 24.7 Å². The van der Waals surface area contributed by atoms with E-state index in [2.05, 4.69) is 27.8 Å². The fraction of sp³-hybridized carbons (Fsp3) is 0.389. The van der Waals surface area contributed by atoms with Crippen molar-refractivity contribution < 1.29 is 19.1 Å². The zero-order chi connectivity index (χ0) is 19.6. The number of anilines is 1. The fourth-order valence-corrected chi connectivity index (χ4v) is 3.37. The van der Waals surface area contributed by atoms with Gasteiger partial charge in [0.15, 0.2) is 0 Å². The first-order valence-corrected chi connectivity index (χ1v) is 9.53. The Hall–Kier alpha value is -2.52. The SMILES string of the molecule is C=CCNC(=O)CC1CC(=O)NC(SCC(=O)Nc2ccc(OC)cc2)N1. The highest BCUT2D eigenvalue weighted by molar-refractivity contribution is 8.00. The largest absolute Gasteiger partial charge is 0.497 e. The molecule has 8 nitrogen and oxygen atoms in total. The summed E-state index contributed by atoms with van der Waals surface area (Å²) in [5.74, 6) is 0.373. The van der Waals surface area contributed by atoms with Gasteiger partial charge in [-0.15, -0.1) is 18.3 Å². The van der Waals surface area contributed by atoms with Crippen LogP contribution in [-0.4, -0.2) is 48.7 Å². The standard InChI is InChI=1S/C18H24N4O4S/c1-3-8-19-15(23)9-13-10-16(24)22-18(21-13)27-11-17(25)20-12-4-6-14(26-2)7-5-12/h3-7,13,18,21H,1,8-11H2,2H3,(H,19,23)(H,20,25)(H,22,24). The van der Waals surface area contributed by atoms with Crippen molar-refractivity contribution in [1.29, 1.82) is 0 Å². The highest BCUT2D eigenvalue weighted by atomic mass is 32.2. The van der Waals surface area contributed by atoms with E-state index in [0.29, 0.717) is 18.0 Å². The first-order chi connectivity index (χ1) is 13.0. The summed E-state index contributed by atoms with van der Waals surface area (Å²) in [4.78, 5) is 35.7. The quantitative estimate of drug-likeness (QED) is 0.464. The van der Waals surface area contributed by atoms with Crippen LogP contribution >= 0.6 is 11.8 Å². The van der Waals surface area contributed by atoms with Gasteiger partial charge in [-0.1, -0.05) is 6.08 Å². The van der Waals surface area contributed by atoms with Gasteiger partial charge < -0.3 is 20.7 Å². The molecule has 0 radical (unpaired) electrons. The first kappa shape index (κ1) is 20.8. The molecule has 1 fully saturated rings. The Labute approximate surface area is 162 Å². The number of hydrogen-bond donors (Lipinski definition) is 4. The van der Waals surface area contributed by atoms with Crippen LogP contribution in [0.2, 0.25) is 0 Å². The van der Waals surface area contributed by atoms with Gasteiger partial charge in [-0.05, 0) is 24.3 Å². The number of methoxy groups -OCH3 is 1. The Morgan fingerprint density at radius 3 is 2.74 bits per heavy atom. The lowest BCUT2D eigenvalue weighted by molar-refractivity contribution is -0.125. The number of carbonyl (C=O) groups is 3. The Kier molecular flexibility index (Phi) is 8.15. The van der Waals surface area contributed by atoms with Gasteiger partial charge in [-0.2, -0.15) is 0 Å². The molecule has 2 atom stereocenters. The van der Waals surface area contributed by atoms with Crippen molar-refractivity contribution >= 4 is 35.2 Å².